The van der Waals surface area contributed by atoms with E-state index in [2.05, 4.69) is 21.2 Å². The van der Waals surface area contributed by atoms with E-state index in [1.807, 2.05) is 0 Å². The van der Waals surface area contributed by atoms with Gasteiger partial charge in [0.25, 0.3) is 11.5 Å². The molecule has 4 nitrogen and oxygen atoms in total. The highest BCUT2D eigenvalue weighted by Crippen LogP contribution is 2.44. The minimum atomic E-state index is -2.75. The third kappa shape index (κ3) is 1.90. The van der Waals surface area contributed by atoms with Crippen LogP contribution < -0.4 is 10.9 Å². The SMILES string of the molecule is O=C1NC2(CCC(F)(F)CC2)n2c1c(Cl)cc(Br)c2=O. The highest BCUT2D eigenvalue weighted by molar-refractivity contribution is 9.10. The van der Waals surface area contributed by atoms with Crippen LogP contribution in [-0.4, -0.2) is 16.4 Å². The normalized spacial score (nSPS) is 22.7. The van der Waals surface area contributed by atoms with Crippen molar-refractivity contribution in [2.24, 2.45) is 0 Å². The maximum Gasteiger partial charge on any atom is 0.271 e. The van der Waals surface area contributed by atoms with E-state index in [1.54, 1.807) is 0 Å². The molecule has 1 aromatic rings. The van der Waals surface area contributed by atoms with Crippen LogP contribution in [0.2, 0.25) is 5.02 Å². The van der Waals surface area contributed by atoms with Crippen molar-refractivity contribution in [1.82, 2.24) is 9.88 Å². The molecule has 0 aromatic carbocycles. The maximum atomic E-state index is 13.3. The van der Waals surface area contributed by atoms with Gasteiger partial charge < -0.3 is 5.32 Å². The second-order valence-corrected chi connectivity index (χ2v) is 6.43. The smallest absolute Gasteiger partial charge is 0.271 e. The molecule has 1 saturated carbocycles. The van der Waals surface area contributed by atoms with Gasteiger partial charge in [-0.05, 0) is 34.8 Å². The number of fused-ring (bicyclic) bond motifs is 2. The van der Waals surface area contributed by atoms with Gasteiger partial charge in [-0.3, -0.25) is 14.2 Å². The highest BCUT2D eigenvalue weighted by atomic mass is 79.9. The van der Waals surface area contributed by atoms with Gasteiger partial charge in [0, 0.05) is 12.8 Å². The summed E-state index contributed by atoms with van der Waals surface area (Å²) in [6.45, 7) is 0. The predicted molar refractivity (Wildman–Crippen MR) is 72.3 cm³/mol. The van der Waals surface area contributed by atoms with Gasteiger partial charge in [0.1, 0.15) is 11.4 Å². The Hall–Kier alpha value is -0.950. The predicted octanol–water partition coefficient (Wildman–Crippen LogP) is 2.87. The number of pyridine rings is 1. The van der Waals surface area contributed by atoms with E-state index in [4.69, 9.17) is 11.6 Å². The van der Waals surface area contributed by atoms with Crippen molar-refractivity contribution in [3.05, 3.63) is 31.6 Å². The molecule has 2 aliphatic rings. The third-order valence-electron chi connectivity index (χ3n) is 3.91. The minimum absolute atomic E-state index is 0.00539. The van der Waals surface area contributed by atoms with E-state index in [9.17, 15) is 18.4 Å². The molecule has 1 amide bonds. The number of alkyl halides is 2. The Morgan fingerprint density at radius 3 is 2.45 bits per heavy atom. The van der Waals surface area contributed by atoms with Crippen molar-refractivity contribution in [2.45, 2.75) is 37.3 Å². The average molecular weight is 368 g/mol. The Labute approximate surface area is 126 Å². The Morgan fingerprint density at radius 1 is 1.25 bits per heavy atom. The quantitative estimate of drug-likeness (QED) is 0.766. The zero-order valence-corrected chi connectivity index (χ0v) is 12.5. The fraction of sp³-hybridized carbons (Fsp3) is 0.500. The van der Waals surface area contributed by atoms with Gasteiger partial charge in [-0.15, -0.1) is 0 Å². The average Bonchev–Trinajstić information content (AvgIpc) is 2.65. The monoisotopic (exact) mass is 366 g/mol. The number of rotatable bonds is 0. The number of nitrogens with zero attached hydrogens (tertiary/aromatic N) is 1. The number of hydrogen-bond donors (Lipinski definition) is 1. The van der Waals surface area contributed by atoms with Gasteiger partial charge in [-0.1, -0.05) is 11.6 Å². The molecule has 1 fully saturated rings. The lowest BCUT2D eigenvalue weighted by molar-refractivity contribution is -0.0668. The first kappa shape index (κ1) is 14.0. The van der Waals surface area contributed by atoms with Gasteiger partial charge in [-0.2, -0.15) is 0 Å². The molecule has 8 heteroatoms. The van der Waals surface area contributed by atoms with Crippen LogP contribution in [0, 0.1) is 0 Å². The Bertz CT molecular complexity index is 664. The largest absolute Gasteiger partial charge is 0.327 e. The molecule has 0 unspecified atom stereocenters. The van der Waals surface area contributed by atoms with Gasteiger partial charge >= 0.3 is 0 Å². The van der Waals surface area contributed by atoms with Gasteiger partial charge in [0.2, 0.25) is 5.92 Å². The lowest BCUT2D eigenvalue weighted by atomic mass is 9.86. The van der Waals surface area contributed by atoms with Crippen molar-refractivity contribution >= 4 is 33.4 Å². The van der Waals surface area contributed by atoms with Crippen molar-refractivity contribution in [3.8, 4) is 0 Å². The van der Waals surface area contributed by atoms with E-state index >= 15 is 0 Å². The zero-order valence-electron chi connectivity index (χ0n) is 10.2. The summed E-state index contributed by atoms with van der Waals surface area (Å²) in [4.78, 5) is 24.3. The standard InChI is InChI=1S/C12H10BrClF2N2O2/c13-6-5-7(14)8-9(19)17-12(18(8)10(6)20)3-1-11(15,16)2-4-12/h5H,1-4H2,(H,17,19). The summed E-state index contributed by atoms with van der Waals surface area (Å²) in [6.07, 6.45) is -0.733. The van der Waals surface area contributed by atoms with Crippen molar-refractivity contribution < 1.29 is 13.6 Å². The summed E-state index contributed by atoms with van der Waals surface area (Å²) >= 11 is 9.09. The summed E-state index contributed by atoms with van der Waals surface area (Å²) in [6, 6.07) is 1.35. The number of aromatic nitrogens is 1. The molecule has 20 heavy (non-hydrogen) atoms. The van der Waals surface area contributed by atoms with Gasteiger partial charge in [0.15, 0.2) is 0 Å². The molecule has 0 bridgehead atoms. The van der Waals surface area contributed by atoms with Crippen LogP contribution in [0.15, 0.2) is 15.3 Å². The third-order valence-corrected chi connectivity index (χ3v) is 4.76. The van der Waals surface area contributed by atoms with E-state index in [1.165, 1.54) is 10.6 Å². The molecule has 2 heterocycles. The zero-order chi connectivity index (χ0) is 14.7. The Morgan fingerprint density at radius 2 is 1.85 bits per heavy atom. The highest BCUT2D eigenvalue weighted by Gasteiger charge is 2.51. The van der Waals surface area contributed by atoms with E-state index in [0.717, 1.165) is 0 Å². The summed E-state index contributed by atoms with van der Waals surface area (Å²) < 4.78 is 28.1. The molecule has 0 radical (unpaired) electrons. The van der Waals surface area contributed by atoms with E-state index in [0.29, 0.717) is 0 Å². The molecule has 1 N–H and O–H groups in total. The Kier molecular flexibility index (Phi) is 2.99. The molecular formula is C12H10BrClF2N2O2. The molecule has 1 spiro atoms. The summed E-state index contributed by atoms with van der Waals surface area (Å²) in [5.74, 6) is -3.25. The van der Waals surface area contributed by atoms with Crippen LogP contribution in [0.3, 0.4) is 0 Å². The molecule has 108 valence electrons. The summed E-state index contributed by atoms with van der Waals surface area (Å²) in [5, 5.41) is 2.79. The first-order chi connectivity index (χ1) is 9.26. The number of halogens is 4. The molecule has 3 rings (SSSR count). The fourth-order valence-electron chi connectivity index (χ4n) is 2.88. The number of carbonyl (C=O) groups excluding carboxylic acids is 1. The molecular weight excluding hydrogens is 357 g/mol. The lowest BCUT2D eigenvalue weighted by Crippen LogP contribution is -2.51. The van der Waals surface area contributed by atoms with E-state index < -0.39 is 23.1 Å². The Balaban J connectivity index is 2.17. The van der Waals surface area contributed by atoms with Crippen molar-refractivity contribution in [1.29, 1.82) is 0 Å². The molecule has 0 saturated heterocycles. The van der Waals surface area contributed by atoms with Crippen molar-refractivity contribution in [2.75, 3.05) is 0 Å². The molecule has 1 aliphatic carbocycles. The van der Waals surface area contributed by atoms with Gasteiger partial charge in [-0.25, -0.2) is 8.78 Å². The molecule has 0 atom stereocenters. The molecule has 1 aliphatic heterocycles. The molecule has 1 aromatic heterocycles. The number of hydrogen-bond acceptors (Lipinski definition) is 2. The summed E-state index contributed by atoms with van der Waals surface area (Å²) in [7, 11) is 0. The van der Waals surface area contributed by atoms with Crippen LogP contribution >= 0.6 is 27.5 Å². The second-order valence-electron chi connectivity index (χ2n) is 5.17. The minimum Gasteiger partial charge on any atom is -0.327 e. The number of amides is 1. The van der Waals surface area contributed by atoms with Crippen LogP contribution in [0.5, 0.6) is 0 Å². The number of nitrogens with one attached hydrogen (secondary N) is 1. The first-order valence-corrected chi connectivity index (χ1v) is 7.25. The van der Waals surface area contributed by atoms with Crippen LogP contribution in [-0.2, 0) is 5.66 Å². The topological polar surface area (TPSA) is 51.1 Å². The fourth-order valence-corrected chi connectivity index (χ4v) is 3.70. The van der Waals surface area contributed by atoms with Gasteiger partial charge in [0.05, 0.1) is 9.50 Å². The maximum absolute atomic E-state index is 13.3. The first-order valence-electron chi connectivity index (χ1n) is 6.08. The van der Waals surface area contributed by atoms with Crippen molar-refractivity contribution in [3.63, 3.8) is 0 Å². The van der Waals surface area contributed by atoms with E-state index in [-0.39, 0.29) is 40.9 Å². The summed E-state index contributed by atoms with van der Waals surface area (Å²) in [5.41, 5.74) is -1.48. The van der Waals surface area contributed by atoms with Crippen LogP contribution in [0.4, 0.5) is 8.78 Å². The van der Waals surface area contributed by atoms with Crippen LogP contribution in [0.1, 0.15) is 36.2 Å². The van der Waals surface area contributed by atoms with Crippen LogP contribution in [0.25, 0.3) is 0 Å². The lowest BCUT2D eigenvalue weighted by Gasteiger charge is -2.38. The second kappa shape index (κ2) is 4.27. The number of carbonyl (C=O) groups is 1.